The van der Waals surface area contributed by atoms with Crippen LogP contribution < -0.4 is 11.1 Å². The van der Waals surface area contributed by atoms with Crippen LogP contribution in [-0.4, -0.2) is 18.0 Å². The molecular weight excluding hydrogens is 212 g/mol. The summed E-state index contributed by atoms with van der Waals surface area (Å²) < 4.78 is 0. The van der Waals surface area contributed by atoms with E-state index < -0.39 is 0 Å². The van der Waals surface area contributed by atoms with Crippen LogP contribution in [0.4, 0.5) is 0 Å². The quantitative estimate of drug-likeness (QED) is 0.838. The number of nitrogens with two attached hydrogens (primary N) is 1. The van der Waals surface area contributed by atoms with Gasteiger partial charge < -0.3 is 11.1 Å². The Morgan fingerprint density at radius 1 is 1.24 bits per heavy atom. The van der Waals surface area contributed by atoms with Crippen molar-refractivity contribution in [2.75, 3.05) is 6.54 Å². The Labute approximate surface area is 103 Å². The minimum absolute atomic E-state index is 0.0322. The van der Waals surface area contributed by atoms with Gasteiger partial charge in [-0.05, 0) is 52.8 Å². The van der Waals surface area contributed by atoms with Crippen LogP contribution in [-0.2, 0) is 0 Å². The first-order chi connectivity index (χ1) is 7.84. The second kappa shape index (κ2) is 5.32. The average Bonchev–Trinajstić information content (AvgIpc) is 2.14. The molecule has 0 heterocycles. The third-order valence-corrected chi connectivity index (χ3v) is 2.71. The van der Waals surface area contributed by atoms with Crippen molar-refractivity contribution in [2.24, 2.45) is 5.73 Å². The molecule has 0 fully saturated rings. The van der Waals surface area contributed by atoms with E-state index in [1.807, 2.05) is 39.8 Å². The van der Waals surface area contributed by atoms with Gasteiger partial charge in [0.1, 0.15) is 0 Å². The van der Waals surface area contributed by atoms with E-state index in [1.165, 1.54) is 0 Å². The molecule has 0 aromatic heterocycles. The van der Waals surface area contributed by atoms with Gasteiger partial charge in [0.25, 0.3) is 5.91 Å². The summed E-state index contributed by atoms with van der Waals surface area (Å²) in [5.74, 6) is -0.0322. The summed E-state index contributed by atoms with van der Waals surface area (Å²) in [7, 11) is 0. The molecule has 0 aliphatic carbocycles. The van der Waals surface area contributed by atoms with E-state index >= 15 is 0 Å². The lowest BCUT2D eigenvalue weighted by Gasteiger charge is -2.25. The molecule has 0 atom stereocenters. The van der Waals surface area contributed by atoms with Gasteiger partial charge in [-0.25, -0.2) is 0 Å². The molecule has 1 aromatic rings. The molecule has 1 amide bonds. The smallest absolute Gasteiger partial charge is 0.251 e. The summed E-state index contributed by atoms with van der Waals surface area (Å²) in [6.07, 6.45) is 0.767. The van der Waals surface area contributed by atoms with Crippen molar-refractivity contribution in [3.63, 3.8) is 0 Å². The van der Waals surface area contributed by atoms with E-state index in [2.05, 4.69) is 11.4 Å². The third-order valence-electron chi connectivity index (χ3n) is 2.71. The van der Waals surface area contributed by atoms with E-state index in [1.54, 1.807) is 0 Å². The maximum absolute atomic E-state index is 12.1. The van der Waals surface area contributed by atoms with Crippen molar-refractivity contribution in [1.29, 1.82) is 0 Å². The molecule has 3 N–H and O–H groups in total. The maximum atomic E-state index is 12.1. The topological polar surface area (TPSA) is 55.1 Å². The first-order valence-corrected chi connectivity index (χ1v) is 5.95. The van der Waals surface area contributed by atoms with E-state index in [0.29, 0.717) is 12.1 Å². The van der Waals surface area contributed by atoms with Crippen LogP contribution in [0.1, 0.15) is 41.8 Å². The number of carbonyl (C=O) groups is 1. The van der Waals surface area contributed by atoms with Crippen molar-refractivity contribution < 1.29 is 4.79 Å². The zero-order valence-corrected chi connectivity index (χ0v) is 11.1. The van der Waals surface area contributed by atoms with Gasteiger partial charge >= 0.3 is 0 Å². The highest BCUT2D eigenvalue weighted by Crippen LogP contribution is 2.12. The van der Waals surface area contributed by atoms with E-state index in [4.69, 9.17) is 5.73 Å². The van der Waals surface area contributed by atoms with Crippen molar-refractivity contribution in [2.45, 2.75) is 39.7 Å². The molecule has 0 saturated heterocycles. The number of carbonyl (C=O) groups excluding carboxylic acids is 1. The van der Waals surface area contributed by atoms with Gasteiger partial charge in [-0.2, -0.15) is 0 Å². The summed E-state index contributed by atoms with van der Waals surface area (Å²) in [5, 5.41) is 3.01. The lowest BCUT2D eigenvalue weighted by atomic mass is 9.99. The highest BCUT2D eigenvalue weighted by molar-refractivity contribution is 5.95. The van der Waals surface area contributed by atoms with Crippen molar-refractivity contribution in [3.05, 3.63) is 34.9 Å². The molecule has 0 saturated carbocycles. The van der Waals surface area contributed by atoms with Crippen LogP contribution in [0.25, 0.3) is 0 Å². The van der Waals surface area contributed by atoms with E-state index in [0.717, 1.165) is 17.5 Å². The lowest BCUT2D eigenvalue weighted by molar-refractivity contribution is 0.0910. The van der Waals surface area contributed by atoms with E-state index in [9.17, 15) is 4.79 Å². The highest BCUT2D eigenvalue weighted by Gasteiger charge is 2.20. The van der Waals surface area contributed by atoms with Crippen molar-refractivity contribution >= 4 is 5.91 Å². The van der Waals surface area contributed by atoms with Gasteiger partial charge in [0.2, 0.25) is 0 Å². The summed E-state index contributed by atoms with van der Waals surface area (Å²) >= 11 is 0. The Kier molecular flexibility index (Phi) is 4.29. The van der Waals surface area contributed by atoms with Gasteiger partial charge in [-0.15, -0.1) is 0 Å². The van der Waals surface area contributed by atoms with E-state index in [-0.39, 0.29) is 11.4 Å². The van der Waals surface area contributed by atoms with Crippen LogP contribution in [0, 0.1) is 13.8 Å². The molecule has 3 nitrogen and oxygen atoms in total. The minimum atomic E-state index is -0.260. The number of hydrogen-bond acceptors (Lipinski definition) is 2. The second-order valence-corrected chi connectivity index (χ2v) is 5.25. The SMILES string of the molecule is Cc1cc(C)cc(C(=O)NC(C)(C)CCN)c1. The molecule has 3 heteroatoms. The fraction of sp³-hybridized carbons (Fsp3) is 0.500. The van der Waals surface area contributed by atoms with Gasteiger partial charge in [0.15, 0.2) is 0 Å². The lowest BCUT2D eigenvalue weighted by Crippen LogP contribution is -2.44. The fourth-order valence-electron chi connectivity index (χ4n) is 1.91. The highest BCUT2D eigenvalue weighted by atomic mass is 16.1. The number of amides is 1. The molecule has 0 radical (unpaired) electrons. The third kappa shape index (κ3) is 4.19. The van der Waals surface area contributed by atoms with Crippen LogP contribution in [0.2, 0.25) is 0 Å². The van der Waals surface area contributed by atoms with Gasteiger partial charge in [0.05, 0.1) is 0 Å². The summed E-state index contributed by atoms with van der Waals surface area (Å²) in [4.78, 5) is 12.1. The van der Waals surface area contributed by atoms with Crippen LogP contribution >= 0.6 is 0 Å². The predicted octanol–water partition coefficient (Wildman–Crippen LogP) is 2.16. The molecule has 0 unspecified atom stereocenters. The van der Waals surface area contributed by atoms with Crippen LogP contribution in [0.3, 0.4) is 0 Å². The summed E-state index contributed by atoms with van der Waals surface area (Å²) in [6, 6.07) is 5.86. The number of nitrogens with one attached hydrogen (secondary N) is 1. The van der Waals surface area contributed by atoms with Crippen molar-refractivity contribution in [1.82, 2.24) is 5.32 Å². The molecule has 0 aliphatic rings. The zero-order valence-electron chi connectivity index (χ0n) is 11.1. The Balaban J connectivity index is 2.83. The monoisotopic (exact) mass is 234 g/mol. The van der Waals surface area contributed by atoms with Gasteiger partial charge in [-0.3, -0.25) is 4.79 Å². The normalized spacial score (nSPS) is 11.4. The fourth-order valence-corrected chi connectivity index (χ4v) is 1.91. The number of benzene rings is 1. The molecule has 1 aromatic carbocycles. The van der Waals surface area contributed by atoms with Crippen LogP contribution in [0.5, 0.6) is 0 Å². The largest absolute Gasteiger partial charge is 0.347 e. The second-order valence-electron chi connectivity index (χ2n) is 5.25. The Bertz CT molecular complexity index is 390. The molecule has 17 heavy (non-hydrogen) atoms. The van der Waals surface area contributed by atoms with Gasteiger partial charge in [0, 0.05) is 11.1 Å². The summed E-state index contributed by atoms with van der Waals surface area (Å²) in [5.41, 5.74) is 8.19. The predicted molar refractivity (Wildman–Crippen MR) is 71.1 cm³/mol. The first kappa shape index (κ1) is 13.7. The Morgan fingerprint density at radius 3 is 2.24 bits per heavy atom. The zero-order chi connectivity index (χ0) is 13.1. The average molecular weight is 234 g/mol. The number of rotatable bonds is 4. The minimum Gasteiger partial charge on any atom is -0.347 e. The van der Waals surface area contributed by atoms with Gasteiger partial charge in [-0.1, -0.05) is 17.2 Å². The maximum Gasteiger partial charge on any atom is 0.251 e. The molecule has 0 aliphatic heterocycles. The molecule has 1 rings (SSSR count). The molecule has 0 bridgehead atoms. The number of hydrogen-bond donors (Lipinski definition) is 2. The molecule has 94 valence electrons. The number of aryl methyl sites for hydroxylation is 2. The molecule has 0 spiro atoms. The van der Waals surface area contributed by atoms with Crippen molar-refractivity contribution in [3.8, 4) is 0 Å². The molecular formula is C14H22N2O. The first-order valence-electron chi connectivity index (χ1n) is 5.95. The summed E-state index contributed by atoms with van der Waals surface area (Å²) in [6.45, 7) is 8.53. The van der Waals surface area contributed by atoms with Crippen LogP contribution in [0.15, 0.2) is 18.2 Å². The Hall–Kier alpha value is -1.35. The Morgan fingerprint density at radius 2 is 1.76 bits per heavy atom. The standard InChI is InChI=1S/C14H22N2O/c1-10-7-11(2)9-12(8-10)13(17)16-14(3,4)5-6-15/h7-9H,5-6,15H2,1-4H3,(H,16,17).